The lowest BCUT2D eigenvalue weighted by atomic mass is 9.86. The number of halogens is 3. The SMILES string of the molecule is CC1(C)Oc2ccc(C(=O)NCCc3ccccc3)cc2C(NS(=O)(=O)c2ccc(S(=O)(=O)c3ccc(C(F)(F)F)cn3)s2)C1O. The van der Waals surface area contributed by atoms with Crippen LogP contribution < -0.4 is 14.8 Å². The smallest absolute Gasteiger partial charge is 0.417 e. The van der Waals surface area contributed by atoms with Crippen molar-refractivity contribution in [1.29, 1.82) is 0 Å². The number of sulfone groups is 1. The first-order valence-electron chi connectivity index (χ1n) is 13.7. The minimum absolute atomic E-state index is 0.185. The van der Waals surface area contributed by atoms with Gasteiger partial charge in [0.25, 0.3) is 15.9 Å². The third kappa shape index (κ3) is 6.95. The number of pyridine rings is 1. The number of ether oxygens (including phenoxy) is 1. The highest BCUT2D eigenvalue weighted by atomic mass is 32.3. The molecule has 3 N–H and O–H groups in total. The highest BCUT2D eigenvalue weighted by Crippen LogP contribution is 2.41. The molecular weight excluding hydrogens is 668 g/mol. The Morgan fingerprint density at radius 3 is 2.35 bits per heavy atom. The van der Waals surface area contributed by atoms with Gasteiger partial charge in [-0.15, -0.1) is 11.3 Å². The summed E-state index contributed by atoms with van der Waals surface area (Å²) in [5.74, 6) is -0.198. The number of hydrogen-bond acceptors (Lipinski definition) is 9. The molecule has 0 saturated heterocycles. The third-order valence-corrected chi connectivity index (χ3v) is 12.4. The van der Waals surface area contributed by atoms with E-state index in [1.807, 2.05) is 30.3 Å². The summed E-state index contributed by atoms with van der Waals surface area (Å²) in [6.07, 6.45) is -5.20. The van der Waals surface area contributed by atoms with E-state index in [2.05, 4.69) is 15.0 Å². The summed E-state index contributed by atoms with van der Waals surface area (Å²) >= 11 is 0.360. The molecular formula is C30H28F3N3O7S3. The molecule has 0 bridgehead atoms. The van der Waals surface area contributed by atoms with E-state index in [0.717, 1.165) is 17.7 Å². The van der Waals surface area contributed by atoms with Gasteiger partial charge in [0.1, 0.15) is 25.9 Å². The van der Waals surface area contributed by atoms with Gasteiger partial charge in [-0.3, -0.25) is 4.79 Å². The fourth-order valence-electron chi connectivity index (χ4n) is 4.76. The zero-order valence-corrected chi connectivity index (χ0v) is 26.7. The van der Waals surface area contributed by atoms with Gasteiger partial charge >= 0.3 is 6.18 Å². The third-order valence-electron chi connectivity index (χ3n) is 7.26. The Labute approximate surface area is 267 Å². The number of amides is 1. The van der Waals surface area contributed by atoms with Crippen molar-refractivity contribution in [3.63, 3.8) is 0 Å². The predicted molar refractivity (Wildman–Crippen MR) is 162 cm³/mol. The van der Waals surface area contributed by atoms with Gasteiger partial charge in [0.15, 0.2) is 5.03 Å². The molecule has 0 saturated carbocycles. The van der Waals surface area contributed by atoms with Crippen molar-refractivity contribution >= 4 is 37.1 Å². The maximum atomic E-state index is 13.5. The van der Waals surface area contributed by atoms with Gasteiger partial charge in [-0.05, 0) is 68.3 Å². The monoisotopic (exact) mass is 695 g/mol. The van der Waals surface area contributed by atoms with Crippen LogP contribution in [0, 0.1) is 0 Å². The Morgan fingerprint density at radius 2 is 1.70 bits per heavy atom. The summed E-state index contributed by atoms with van der Waals surface area (Å²) in [4.78, 5) is 16.4. The Bertz CT molecular complexity index is 1960. The second-order valence-electron chi connectivity index (χ2n) is 11.0. The maximum absolute atomic E-state index is 13.5. The summed E-state index contributed by atoms with van der Waals surface area (Å²) in [5.41, 5.74) is -1.00. The molecule has 244 valence electrons. The zero-order chi connectivity index (χ0) is 33.5. The van der Waals surface area contributed by atoms with Crippen LogP contribution in [0.15, 0.2) is 92.4 Å². The largest absolute Gasteiger partial charge is 0.485 e. The number of rotatable bonds is 9. The number of sulfonamides is 1. The summed E-state index contributed by atoms with van der Waals surface area (Å²) < 4.78 is 99.2. The molecule has 2 atom stereocenters. The van der Waals surface area contributed by atoms with Crippen molar-refractivity contribution in [2.24, 2.45) is 0 Å². The Hall–Kier alpha value is -3.83. The first-order valence-corrected chi connectivity index (χ1v) is 17.5. The highest BCUT2D eigenvalue weighted by molar-refractivity contribution is 7.95. The molecule has 16 heteroatoms. The van der Waals surface area contributed by atoms with Crippen molar-refractivity contribution in [3.05, 3.63) is 101 Å². The highest BCUT2D eigenvalue weighted by Gasteiger charge is 2.45. The summed E-state index contributed by atoms with van der Waals surface area (Å²) in [6, 6.07) is 15.9. The number of aliphatic hydroxyl groups excluding tert-OH is 1. The molecule has 0 fully saturated rings. The fourth-order valence-corrected chi connectivity index (χ4v) is 9.05. The van der Waals surface area contributed by atoms with E-state index in [9.17, 15) is 39.9 Å². The molecule has 1 aliphatic heterocycles. The lowest BCUT2D eigenvalue weighted by Crippen LogP contribution is -2.53. The summed E-state index contributed by atoms with van der Waals surface area (Å²) in [6.45, 7) is 3.45. The first-order chi connectivity index (χ1) is 21.5. The van der Waals surface area contributed by atoms with E-state index in [1.54, 1.807) is 13.8 Å². The van der Waals surface area contributed by atoms with Crippen LogP contribution in [-0.4, -0.2) is 51.1 Å². The van der Waals surface area contributed by atoms with Crippen molar-refractivity contribution in [1.82, 2.24) is 15.0 Å². The van der Waals surface area contributed by atoms with E-state index in [4.69, 9.17) is 4.74 Å². The zero-order valence-electron chi connectivity index (χ0n) is 24.3. The van der Waals surface area contributed by atoms with E-state index in [-0.39, 0.29) is 16.9 Å². The predicted octanol–water partition coefficient (Wildman–Crippen LogP) is 4.52. The Kier molecular flexibility index (Phi) is 9.04. The normalized spacial score (nSPS) is 18.0. The van der Waals surface area contributed by atoms with Crippen molar-refractivity contribution in [3.8, 4) is 5.75 Å². The van der Waals surface area contributed by atoms with Crippen LogP contribution in [0.25, 0.3) is 0 Å². The van der Waals surface area contributed by atoms with Crippen LogP contribution in [-0.2, 0) is 32.5 Å². The van der Waals surface area contributed by atoms with Crippen LogP contribution >= 0.6 is 11.3 Å². The minimum Gasteiger partial charge on any atom is -0.485 e. The molecule has 10 nitrogen and oxygen atoms in total. The van der Waals surface area contributed by atoms with E-state index >= 15 is 0 Å². The van der Waals surface area contributed by atoms with Crippen LogP contribution in [0.2, 0.25) is 0 Å². The van der Waals surface area contributed by atoms with Gasteiger partial charge in [0.05, 0.1) is 11.6 Å². The molecule has 0 aliphatic carbocycles. The van der Waals surface area contributed by atoms with Gasteiger partial charge in [-0.2, -0.15) is 13.2 Å². The van der Waals surface area contributed by atoms with Crippen LogP contribution in [0.3, 0.4) is 0 Å². The lowest BCUT2D eigenvalue weighted by Gasteiger charge is -2.42. The second-order valence-corrected chi connectivity index (χ2v) is 16.1. The molecule has 1 amide bonds. The number of hydrogen-bond donors (Lipinski definition) is 3. The Balaban J connectivity index is 1.38. The van der Waals surface area contributed by atoms with Gasteiger partial charge in [-0.25, -0.2) is 26.5 Å². The van der Waals surface area contributed by atoms with Gasteiger partial charge in [0, 0.05) is 23.9 Å². The first kappa shape index (κ1) is 33.5. The summed E-state index contributed by atoms with van der Waals surface area (Å²) in [5, 5.41) is 13.3. The van der Waals surface area contributed by atoms with Gasteiger partial charge in [0.2, 0.25) is 9.84 Å². The molecule has 46 heavy (non-hydrogen) atoms. The molecule has 2 unspecified atom stereocenters. The van der Waals surface area contributed by atoms with Crippen molar-refractivity contribution < 1.29 is 44.6 Å². The molecule has 5 rings (SSSR count). The summed E-state index contributed by atoms with van der Waals surface area (Å²) in [7, 11) is -8.95. The molecule has 1 aliphatic rings. The van der Waals surface area contributed by atoms with E-state index < -0.39 is 68.7 Å². The number of nitrogens with zero attached hydrogens (tertiary/aromatic N) is 1. The van der Waals surface area contributed by atoms with E-state index in [1.165, 1.54) is 18.2 Å². The number of benzene rings is 2. The Morgan fingerprint density at radius 1 is 1.00 bits per heavy atom. The van der Waals surface area contributed by atoms with Crippen LogP contribution in [0.5, 0.6) is 5.75 Å². The standard InChI is InChI=1S/C30H28F3N3O7S3/c1-29(2)27(37)26(21-16-19(8-10-22(21)43-29)28(38)34-15-14-18-6-4-3-5-7-18)36-46(41,42)25-13-12-24(44-25)45(39,40)23-11-9-20(17-35-23)30(31,32)33/h3-13,16-17,26-27,36-37H,14-15H2,1-2H3,(H,34,38). The second kappa shape index (κ2) is 12.4. The number of aliphatic hydroxyl groups is 1. The quantitative estimate of drug-likeness (QED) is 0.231. The minimum atomic E-state index is -4.72. The average molecular weight is 696 g/mol. The van der Waals surface area contributed by atoms with Crippen LogP contribution in [0.1, 0.15) is 46.9 Å². The molecule has 2 aromatic heterocycles. The van der Waals surface area contributed by atoms with Gasteiger partial charge < -0.3 is 15.2 Å². The van der Waals surface area contributed by atoms with Crippen molar-refractivity contribution in [2.75, 3.05) is 6.54 Å². The number of fused-ring (bicyclic) bond motifs is 1. The number of thiophene rings is 1. The number of carbonyl (C=O) groups is 1. The van der Waals surface area contributed by atoms with Crippen LogP contribution in [0.4, 0.5) is 13.2 Å². The number of aromatic nitrogens is 1. The maximum Gasteiger partial charge on any atom is 0.417 e. The molecule has 0 radical (unpaired) electrons. The number of carbonyl (C=O) groups excluding carboxylic acids is 1. The van der Waals surface area contributed by atoms with E-state index in [0.29, 0.717) is 42.6 Å². The number of nitrogens with one attached hydrogen (secondary N) is 2. The topological polar surface area (TPSA) is 152 Å². The van der Waals surface area contributed by atoms with Gasteiger partial charge in [-0.1, -0.05) is 30.3 Å². The molecule has 4 aromatic rings. The molecule has 2 aromatic carbocycles. The average Bonchev–Trinajstić information content (AvgIpc) is 3.52. The lowest BCUT2D eigenvalue weighted by molar-refractivity contribution is -0.137. The number of alkyl halides is 3. The van der Waals surface area contributed by atoms with Crippen molar-refractivity contribution in [2.45, 2.75) is 57.6 Å². The molecule has 3 heterocycles. The fraction of sp³-hybridized carbons (Fsp3) is 0.267. The molecule has 0 spiro atoms.